The van der Waals surface area contributed by atoms with Gasteiger partial charge in [0.25, 0.3) is 10.0 Å². The monoisotopic (exact) mass is 300 g/mol. The first-order valence-corrected chi connectivity index (χ1v) is 8.37. The molecule has 1 N–H and O–H groups in total. The molecule has 0 unspecified atom stereocenters. The predicted octanol–water partition coefficient (Wildman–Crippen LogP) is 2.71. The fraction of sp³-hybridized carbons (Fsp3) is 0.188. The summed E-state index contributed by atoms with van der Waals surface area (Å²) in [6.45, 7) is 0. The van der Waals surface area contributed by atoms with Crippen molar-refractivity contribution in [3.8, 4) is 0 Å². The van der Waals surface area contributed by atoms with Gasteiger partial charge in [-0.05, 0) is 37.0 Å². The van der Waals surface area contributed by atoms with Crippen LogP contribution in [0.2, 0.25) is 0 Å². The van der Waals surface area contributed by atoms with Crippen molar-refractivity contribution in [3.05, 3.63) is 65.7 Å². The summed E-state index contributed by atoms with van der Waals surface area (Å²) in [7, 11) is -3.60. The Labute approximate surface area is 124 Å². The Balaban J connectivity index is 1.88. The Hall–Kier alpha value is -2.14. The molecule has 0 saturated heterocycles. The summed E-state index contributed by atoms with van der Waals surface area (Å²) in [6, 6.07) is 16.3. The molecular weight excluding hydrogens is 284 g/mol. The number of aryl methyl sites for hydroxylation is 1. The zero-order chi connectivity index (χ0) is 14.7. The molecule has 0 amide bonds. The molecule has 4 nitrogen and oxygen atoms in total. The van der Waals surface area contributed by atoms with Crippen LogP contribution >= 0.6 is 0 Å². The van der Waals surface area contributed by atoms with Crippen molar-refractivity contribution >= 4 is 15.7 Å². The molecule has 108 valence electrons. The molecule has 1 aliphatic rings. The Morgan fingerprint density at radius 3 is 2.43 bits per heavy atom. The highest BCUT2D eigenvalue weighted by Crippen LogP contribution is 2.21. The van der Waals surface area contributed by atoms with E-state index in [2.05, 4.69) is 16.0 Å². The number of nitrogens with zero attached hydrogens (tertiary/aromatic N) is 1. The first-order valence-electron chi connectivity index (χ1n) is 6.88. The van der Waals surface area contributed by atoms with Crippen LogP contribution in [0.25, 0.3) is 0 Å². The quantitative estimate of drug-likeness (QED) is 0.886. The third-order valence-corrected chi connectivity index (χ3v) is 4.77. The predicted molar refractivity (Wildman–Crippen MR) is 82.7 cm³/mol. The second kappa shape index (κ2) is 5.69. The molecule has 0 aromatic heterocycles. The Kier molecular flexibility index (Phi) is 3.75. The highest BCUT2D eigenvalue weighted by molar-refractivity contribution is 7.89. The van der Waals surface area contributed by atoms with Gasteiger partial charge < -0.3 is 0 Å². The Morgan fingerprint density at radius 2 is 1.62 bits per heavy atom. The number of hydrazone groups is 1. The summed E-state index contributed by atoms with van der Waals surface area (Å²) in [5.41, 5.74) is 3.07. The van der Waals surface area contributed by atoms with Gasteiger partial charge in [0, 0.05) is 5.56 Å². The van der Waals surface area contributed by atoms with Gasteiger partial charge in [0.05, 0.1) is 10.6 Å². The molecule has 0 heterocycles. The van der Waals surface area contributed by atoms with Crippen molar-refractivity contribution in [2.75, 3.05) is 0 Å². The first-order chi connectivity index (χ1) is 10.2. The molecule has 5 heteroatoms. The van der Waals surface area contributed by atoms with Crippen molar-refractivity contribution in [2.45, 2.75) is 24.2 Å². The van der Waals surface area contributed by atoms with Crippen LogP contribution in [0.5, 0.6) is 0 Å². The van der Waals surface area contributed by atoms with Crippen molar-refractivity contribution in [3.63, 3.8) is 0 Å². The van der Waals surface area contributed by atoms with Crippen LogP contribution in [0.3, 0.4) is 0 Å². The van der Waals surface area contributed by atoms with Crippen LogP contribution in [0.1, 0.15) is 24.0 Å². The summed E-state index contributed by atoms with van der Waals surface area (Å²) >= 11 is 0. The van der Waals surface area contributed by atoms with Crippen molar-refractivity contribution < 1.29 is 8.42 Å². The van der Waals surface area contributed by atoms with E-state index in [1.54, 1.807) is 30.3 Å². The lowest BCUT2D eigenvalue weighted by Crippen LogP contribution is -2.22. The minimum Gasteiger partial charge on any atom is -0.200 e. The molecule has 0 atom stereocenters. The van der Waals surface area contributed by atoms with Gasteiger partial charge in [-0.2, -0.15) is 18.4 Å². The summed E-state index contributed by atoms with van der Waals surface area (Å²) in [4.78, 5) is 2.57. The summed E-state index contributed by atoms with van der Waals surface area (Å²) in [5.74, 6) is 0. The van der Waals surface area contributed by atoms with E-state index in [-0.39, 0.29) is 4.90 Å². The molecular formula is C16H16N2O2S. The molecule has 0 spiro atoms. The van der Waals surface area contributed by atoms with Gasteiger partial charge in [-0.15, -0.1) is 0 Å². The summed E-state index contributed by atoms with van der Waals surface area (Å²) < 4.78 is 24.3. The van der Waals surface area contributed by atoms with Gasteiger partial charge >= 0.3 is 0 Å². The molecule has 0 fully saturated rings. The fourth-order valence-corrected chi connectivity index (χ4v) is 3.34. The second-order valence-corrected chi connectivity index (χ2v) is 6.64. The molecule has 0 aliphatic heterocycles. The standard InChI is InChI=1S/C16H16N2O2S/c19-21(20,14-9-2-1-3-10-14)18-17-16-12-6-8-13-7-4-5-11-15(13)16/h1-5,7,9-11,18H,6,8,12H2/b17-16-. The number of hydrogen-bond donors (Lipinski definition) is 1. The number of sulfonamides is 1. The van der Waals surface area contributed by atoms with Gasteiger partial charge in [-0.25, -0.2) is 0 Å². The largest absolute Gasteiger partial charge is 0.276 e. The van der Waals surface area contributed by atoms with Crippen LogP contribution in [0.4, 0.5) is 0 Å². The third-order valence-electron chi connectivity index (χ3n) is 3.54. The second-order valence-electron chi connectivity index (χ2n) is 4.98. The highest BCUT2D eigenvalue weighted by atomic mass is 32.2. The lowest BCUT2D eigenvalue weighted by atomic mass is 9.90. The lowest BCUT2D eigenvalue weighted by molar-refractivity contribution is 0.584. The third kappa shape index (κ3) is 2.97. The zero-order valence-corrected chi connectivity index (χ0v) is 12.3. The van der Waals surface area contributed by atoms with E-state index >= 15 is 0 Å². The summed E-state index contributed by atoms with van der Waals surface area (Å²) in [6.07, 6.45) is 2.79. The minimum atomic E-state index is -3.60. The Morgan fingerprint density at radius 1 is 0.905 bits per heavy atom. The Bertz CT molecular complexity index is 768. The van der Waals surface area contributed by atoms with Crippen LogP contribution in [-0.2, 0) is 16.4 Å². The zero-order valence-electron chi connectivity index (χ0n) is 11.5. The maximum absolute atomic E-state index is 12.2. The maximum atomic E-state index is 12.2. The van der Waals surface area contributed by atoms with Crippen molar-refractivity contribution in [2.24, 2.45) is 5.10 Å². The van der Waals surface area contributed by atoms with Gasteiger partial charge in [-0.3, -0.25) is 0 Å². The molecule has 0 saturated carbocycles. The molecule has 0 radical (unpaired) electrons. The number of benzene rings is 2. The van der Waals surface area contributed by atoms with Crippen molar-refractivity contribution in [1.29, 1.82) is 0 Å². The number of rotatable bonds is 3. The topological polar surface area (TPSA) is 58.5 Å². The normalized spacial score (nSPS) is 16.5. The van der Waals surface area contributed by atoms with Gasteiger partial charge in [0.1, 0.15) is 0 Å². The molecule has 1 aliphatic carbocycles. The average molecular weight is 300 g/mol. The summed E-state index contributed by atoms with van der Waals surface area (Å²) in [5, 5.41) is 4.15. The molecule has 3 rings (SSSR count). The van der Waals surface area contributed by atoms with Crippen LogP contribution < -0.4 is 4.83 Å². The van der Waals surface area contributed by atoms with Crippen LogP contribution in [0, 0.1) is 0 Å². The van der Waals surface area contributed by atoms with Crippen LogP contribution in [-0.4, -0.2) is 14.1 Å². The van der Waals surface area contributed by atoms with E-state index in [4.69, 9.17) is 0 Å². The lowest BCUT2D eigenvalue weighted by Gasteiger charge is -2.17. The van der Waals surface area contributed by atoms with Gasteiger partial charge in [-0.1, -0.05) is 42.5 Å². The minimum absolute atomic E-state index is 0.221. The number of fused-ring (bicyclic) bond motifs is 1. The average Bonchev–Trinajstić information content (AvgIpc) is 2.54. The first kappa shape index (κ1) is 13.8. The van der Waals surface area contributed by atoms with E-state index in [0.717, 1.165) is 30.5 Å². The van der Waals surface area contributed by atoms with E-state index in [0.29, 0.717) is 0 Å². The molecule has 2 aromatic carbocycles. The van der Waals surface area contributed by atoms with Crippen molar-refractivity contribution in [1.82, 2.24) is 4.83 Å². The molecule has 0 bridgehead atoms. The smallest absolute Gasteiger partial charge is 0.200 e. The van der Waals surface area contributed by atoms with E-state index in [1.165, 1.54) is 5.56 Å². The van der Waals surface area contributed by atoms with E-state index in [1.807, 2.05) is 18.2 Å². The molecule has 21 heavy (non-hydrogen) atoms. The van der Waals surface area contributed by atoms with Gasteiger partial charge in [0.15, 0.2) is 0 Å². The fourth-order valence-electron chi connectivity index (χ4n) is 2.48. The van der Waals surface area contributed by atoms with E-state index < -0.39 is 10.0 Å². The number of hydrogen-bond acceptors (Lipinski definition) is 3. The highest BCUT2D eigenvalue weighted by Gasteiger charge is 2.17. The maximum Gasteiger partial charge on any atom is 0.276 e. The molecule has 2 aromatic rings. The SMILES string of the molecule is O=S(=O)(N/N=C1/CCCc2ccccc21)c1ccccc1. The van der Waals surface area contributed by atoms with Crippen LogP contribution in [0.15, 0.2) is 64.6 Å². The van der Waals surface area contributed by atoms with E-state index in [9.17, 15) is 8.42 Å². The van der Waals surface area contributed by atoms with Gasteiger partial charge in [0.2, 0.25) is 0 Å². The number of nitrogens with one attached hydrogen (secondary N) is 1.